The Labute approximate surface area is 141 Å². The molecule has 1 aliphatic rings. The zero-order chi connectivity index (χ0) is 16.4. The molecule has 6 heteroatoms. The summed E-state index contributed by atoms with van der Waals surface area (Å²) in [6.07, 6.45) is 11.2. The third kappa shape index (κ3) is 2.85. The smallest absolute Gasteiger partial charge is 0.233 e. The van der Waals surface area contributed by atoms with E-state index in [1.807, 2.05) is 29.9 Å². The molecule has 4 heterocycles. The minimum Gasteiger partial charge on any atom is -0.373 e. The highest BCUT2D eigenvalue weighted by molar-refractivity contribution is 5.43. The number of hydrogen-bond acceptors (Lipinski definition) is 5. The normalized spacial score (nSPS) is 18.8. The number of piperidine rings is 1. The van der Waals surface area contributed by atoms with Gasteiger partial charge in [-0.25, -0.2) is 15.0 Å². The molecule has 1 aliphatic heterocycles. The van der Waals surface area contributed by atoms with E-state index in [0.717, 1.165) is 36.8 Å². The van der Waals surface area contributed by atoms with Gasteiger partial charge in [0.25, 0.3) is 0 Å². The van der Waals surface area contributed by atoms with E-state index in [9.17, 15) is 0 Å². The highest BCUT2D eigenvalue weighted by atomic mass is 15.2. The number of nitrogens with zero attached hydrogens (tertiary/aromatic N) is 5. The number of rotatable bonds is 4. The van der Waals surface area contributed by atoms with Crippen LogP contribution in [-0.4, -0.2) is 37.8 Å². The van der Waals surface area contributed by atoms with Crippen LogP contribution < -0.4 is 5.32 Å². The maximum atomic E-state index is 4.77. The minimum atomic E-state index is 0.338. The summed E-state index contributed by atoms with van der Waals surface area (Å²) >= 11 is 0. The van der Waals surface area contributed by atoms with E-state index >= 15 is 0 Å². The second-order valence-electron chi connectivity index (χ2n) is 6.23. The van der Waals surface area contributed by atoms with E-state index in [4.69, 9.17) is 4.98 Å². The number of aromatic nitrogens is 4. The van der Waals surface area contributed by atoms with Crippen LogP contribution in [0.5, 0.6) is 0 Å². The molecule has 3 aromatic rings. The first-order valence-electron chi connectivity index (χ1n) is 8.50. The molecule has 6 nitrogen and oxygen atoms in total. The number of pyridine rings is 1. The van der Waals surface area contributed by atoms with Crippen molar-refractivity contribution in [1.82, 2.24) is 24.3 Å². The van der Waals surface area contributed by atoms with Gasteiger partial charge in [0.15, 0.2) is 0 Å². The van der Waals surface area contributed by atoms with E-state index in [1.165, 1.54) is 18.4 Å². The number of nitrogens with one attached hydrogen (secondary N) is 1. The second kappa shape index (κ2) is 6.57. The summed E-state index contributed by atoms with van der Waals surface area (Å²) in [6.45, 7) is 1.97. The van der Waals surface area contributed by atoms with Crippen molar-refractivity contribution in [2.24, 2.45) is 0 Å². The fourth-order valence-electron chi connectivity index (χ4n) is 3.53. The van der Waals surface area contributed by atoms with Crippen LogP contribution in [0, 0.1) is 0 Å². The maximum absolute atomic E-state index is 4.77. The predicted molar refractivity (Wildman–Crippen MR) is 93.8 cm³/mol. The van der Waals surface area contributed by atoms with Crippen LogP contribution in [-0.2, 0) is 6.54 Å². The van der Waals surface area contributed by atoms with Gasteiger partial charge >= 0.3 is 0 Å². The number of likely N-dealkylation sites (tertiary alicyclic amines) is 1. The zero-order valence-electron chi connectivity index (χ0n) is 13.9. The van der Waals surface area contributed by atoms with Gasteiger partial charge in [-0.3, -0.25) is 9.30 Å². The summed E-state index contributed by atoms with van der Waals surface area (Å²) in [5, 5.41) is 3.19. The van der Waals surface area contributed by atoms with Crippen LogP contribution in [0.1, 0.15) is 36.6 Å². The van der Waals surface area contributed by atoms with E-state index in [0.29, 0.717) is 6.04 Å². The molecule has 0 radical (unpaired) electrons. The van der Waals surface area contributed by atoms with Crippen LogP contribution in [0.25, 0.3) is 5.78 Å². The fraction of sp³-hybridized carbons (Fsp3) is 0.389. The minimum absolute atomic E-state index is 0.338. The first-order valence-corrected chi connectivity index (χ1v) is 8.50. The standard InChI is InChI=1S/C18H22N6/c1-19-17-14(5-4-8-20-17)13-24-10-3-2-6-16(24)15-7-11-23-12-9-21-18(23)22-15/h4-5,7-9,11-12,16H,2-3,6,10,13H2,1H3,(H,19,20)/t16-/m0/s1. The number of imidazole rings is 1. The summed E-state index contributed by atoms with van der Waals surface area (Å²) < 4.78 is 1.96. The SMILES string of the molecule is CNc1ncccc1CN1CCCC[C@H]1c1ccn2ccnc2n1. The highest BCUT2D eigenvalue weighted by Gasteiger charge is 2.26. The molecular formula is C18H22N6. The topological polar surface area (TPSA) is 58.4 Å². The van der Waals surface area contributed by atoms with Crippen LogP contribution in [0.2, 0.25) is 0 Å². The third-order valence-electron chi connectivity index (χ3n) is 4.74. The molecule has 0 saturated carbocycles. The Hall–Kier alpha value is -2.47. The first kappa shape index (κ1) is 15.1. The number of hydrogen-bond donors (Lipinski definition) is 1. The van der Waals surface area contributed by atoms with Crippen molar-refractivity contribution < 1.29 is 0 Å². The Morgan fingerprint density at radius 1 is 1.17 bits per heavy atom. The molecule has 124 valence electrons. The molecule has 1 N–H and O–H groups in total. The fourth-order valence-corrected chi connectivity index (χ4v) is 3.53. The maximum Gasteiger partial charge on any atom is 0.233 e. The van der Waals surface area contributed by atoms with Gasteiger partial charge in [0.1, 0.15) is 5.82 Å². The molecule has 0 bridgehead atoms. The van der Waals surface area contributed by atoms with Gasteiger partial charge in [-0.2, -0.15) is 0 Å². The quantitative estimate of drug-likeness (QED) is 0.800. The second-order valence-corrected chi connectivity index (χ2v) is 6.23. The lowest BCUT2D eigenvalue weighted by atomic mass is 9.98. The zero-order valence-corrected chi connectivity index (χ0v) is 13.9. The van der Waals surface area contributed by atoms with Gasteiger partial charge in [-0.05, 0) is 31.5 Å². The van der Waals surface area contributed by atoms with Gasteiger partial charge in [0, 0.05) is 43.9 Å². The Kier molecular flexibility index (Phi) is 4.13. The molecule has 1 atom stereocenters. The van der Waals surface area contributed by atoms with Crippen LogP contribution in [0.4, 0.5) is 5.82 Å². The van der Waals surface area contributed by atoms with Crippen molar-refractivity contribution in [3.8, 4) is 0 Å². The molecule has 3 aromatic heterocycles. The molecular weight excluding hydrogens is 300 g/mol. The molecule has 0 unspecified atom stereocenters. The van der Waals surface area contributed by atoms with E-state index in [-0.39, 0.29) is 0 Å². The van der Waals surface area contributed by atoms with Crippen molar-refractivity contribution in [1.29, 1.82) is 0 Å². The van der Waals surface area contributed by atoms with Gasteiger partial charge < -0.3 is 5.32 Å². The lowest BCUT2D eigenvalue weighted by molar-refractivity contribution is 0.137. The summed E-state index contributed by atoms with van der Waals surface area (Å²) in [5.74, 6) is 1.73. The molecule has 0 amide bonds. The molecule has 1 fully saturated rings. The Balaban J connectivity index is 1.62. The molecule has 0 spiro atoms. The van der Waals surface area contributed by atoms with Gasteiger partial charge in [0.05, 0.1) is 11.7 Å². The van der Waals surface area contributed by atoms with Crippen LogP contribution >= 0.6 is 0 Å². The first-order chi connectivity index (χ1) is 11.8. The third-order valence-corrected chi connectivity index (χ3v) is 4.74. The van der Waals surface area contributed by atoms with Gasteiger partial charge in [-0.1, -0.05) is 12.5 Å². The molecule has 4 rings (SSSR count). The lowest BCUT2D eigenvalue weighted by Gasteiger charge is -2.35. The van der Waals surface area contributed by atoms with Crippen molar-refractivity contribution in [3.05, 3.63) is 54.2 Å². The average molecular weight is 322 g/mol. The Bertz CT molecular complexity index is 827. The molecule has 0 aliphatic carbocycles. The summed E-state index contributed by atoms with van der Waals surface area (Å²) in [5.41, 5.74) is 2.34. The van der Waals surface area contributed by atoms with Crippen molar-refractivity contribution >= 4 is 11.6 Å². The summed E-state index contributed by atoms with van der Waals surface area (Å²) in [4.78, 5) is 16.0. The van der Waals surface area contributed by atoms with E-state index < -0.39 is 0 Å². The van der Waals surface area contributed by atoms with Crippen molar-refractivity contribution in [2.45, 2.75) is 31.8 Å². The number of fused-ring (bicyclic) bond motifs is 1. The Morgan fingerprint density at radius 2 is 2.12 bits per heavy atom. The number of anilines is 1. The Morgan fingerprint density at radius 3 is 3.04 bits per heavy atom. The summed E-state index contributed by atoms with van der Waals surface area (Å²) in [6, 6.07) is 6.62. The van der Waals surface area contributed by atoms with Crippen molar-refractivity contribution in [2.75, 3.05) is 18.9 Å². The van der Waals surface area contributed by atoms with Crippen LogP contribution in [0.3, 0.4) is 0 Å². The largest absolute Gasteiger partial charge is 0.373 e. The van der Waals surface area contributed by atoms with E-state index in [2.05, 4.69) is 38.5 Å². The average Bonchev–Trinajstić information content (AvgIpc) is 3.10. The van der Waals surface area contributed by atoms with E-state index in [1.54, 1.807) is 6.20 Å². The monoisotopic (exact) mass is 322 g/mol. The van der Waals surface area contributed by atoms with Crippen molar-refractivity contribution in [3.63, 3.8) is 0 Å². The lowest BCUT2D eigenvalue weighted by Crippen LogP contribution is -2.33. The predicted octanol–water partition coefficient (Wildman–Crippen LogP) is 2.89. The highest BCUT2D eigenvalue weighted by Crippen LogP contribution is 2.32. The molecule has 1 saturated heterocycles. The van der Waals surface area contributed by atoms with Gasteiger partial charge in [0.2, 0.25) is 5.78 Å². The van der Waals surface area contributed by atoms with Crippen LogP contribution in [0.15, 0.2) is 43.0 Å². The summed E-state index contributed by atoms with van der Waals surface area (Å²) in [7, 11) is 1.92. The van der Waals surface area contributed by atoms with Gasteiger partial charge in [-0.15, -0.1) is 0 Å². The molecule has 0 aromatic carbocycles. The molecule has 24 heavy (non-hydrogen) atoms.